The second kappa shape index (κ2) is 9.84. The maximum atomic E-state index is 11.5. The molecule has 1 aromatic carbocycles. The van der Waals surface area contributed by atoms with Gasteiger partial charge in [0.25, 0.3) is 0 Å². The topological polar surface area (TPSA) is 96.6 Å². The Morgan fingerprint density at radius 3 is 2.88 bits per heavy atom. The zero-order valence-corrected chi connectivity index (χ0v) is 15.5. The number of aliphatic hydroxyl groups is 1. The van der Waals surface area contributed by atoms with Gasteiger partial charge in [0.1, 0.15) is 12.4 Å². The fraction of sp³-hybridized carbons (Fsp3) is 0.333. The van der Waals surface area contributed by atoms with E-state index in [0.717, 1.165) is 17.1 Å². The smallest absolute Gasteiger partial charge is 0.222 e. The molecule has 7 nitrogen and oxygen atoms in total. The summed E-state index contributed by atoms with van der Waals surface area (Å²) in [4.78, 5) is 11.5. The summed E-state index contributed by atoms with van der Waals surface area (Å²) in [7, 11) is 0. The lowest BCUT2D eigenvalue weighted by Gasteiger charge is -2.14. The van der Waals surface area contributed by atoms with Crippen LogP contribution in [-0.4, -0.2) is 29.3 Å². The lowest BCUT2D eigenvalue weighted by molar-refractivity contribution is -0.121. The van der Waals surface area contributed by atoms with Crippen molar-refractivity contribution in [1.82, 2.24) is 10.5 Å². The lowest BCUT2D eigenvalue weighted by atomic mass is 10.2. The maximum Gasteiger partial charge on any atom is 0.222 e. The van der Waals surface area contributed by atoms with Crippen LogP contribution >= 0.6 is 11.6 Å². The Labute approximate surface area is 157 Å². The molecular formula is C18H22ClN3O4. The van der Waals surface area contributed by atoms with Crippen molar-refractivity contribution in [2.24, 2.45) is 0 Å². The van der Waals surface area contributed by atoms with E-state index in [1.165, 1.54) is 0 Å². The molecule has 2 rings (SSSR count). The van der Waals surface area contributed by atoms with E-state index >= 15 is 0 Å². The van der Waals surface area contributed by atoms with E-state index in [4.69, 9.17) is 26.0 Å². The van der Waals surface area contributed by atoms with Crippen LogP contribution < -0.4 is 15.4 Å². The molecule has 0 unspecified atom stereocenters. The molecular weight excluding hydrogens is 358 g/mol. The number of hydrogen-bond donors (Lipinski definition) is 3. The van der Waals surface area contributed by atoms with Crippen LogP contribution in [0.1, 0.15) is 24.8 Å². The summed E-state index contributed by atoms with van der Waals surface area (Å²) >= 11 is 6.18. The highest BCUT2D eigenvalue weighted by Crippen LogP contribution is 2.29. The van der Waals surface area contributed by atoms with Gasteiger partial charge in [-0.2, -0.15) is 0 Å². The lowest BCUT2D eigenvalue weighted by Crippen LogP contribution is -2.28. The third-order valence-electron chi connectivity index (χ3n) is 3.45. The van der Waals surface area contributed by atoms with Gasteiger partial charge in [0.05, 0.1) is 23.9 Å². The Morgan fingerprint density at radius 2 is 2.23 bits per heavy atom. The summed E-state index contributed by atoms with van der Waals surface area (Å²) in [6.07, 6.45) is 1.93. The van der Waals surface area contributed by atoms with Crippen molar-refractivity contribution in [2.75, 3.05) is 18.5 Å². The fourth-order valence-electron chi connectivity index (χ4n) is 2.11. The molecule has 3 N–H and O–H groups in total. The summed E-state index contributed by atoms with van der Waals surface area (Å²) in [5, 5.41) is 19.0. The standard InChI is InChI=1S/C18H22ClN3O4/c1-3-13(10-20-18(24)6-7-23)21-14-4-5-16(19)17(9-14)25-11-15-8-12(2)22-26-15/h3-5,8-9,21,23H,6-7,10-11H2,1-2H3,(H,20,24)/b13-3-. The second-order valence-electron chi connectivity index (χ2n) is 5.56. The van der Waals surface area contributed by atoms with Gasteiger partial charge in [-0.15, -0.1) is 0 Å². The van der Waals surface area contributed by atoms with Crippen molar-refractivity contribution in [1.29, 1.82) is 0 Å². The highest BCUT2D eigenvalue weighted by molar-refractivity contribution is 6.32. The van der Waals surface area contributed by atoms with E-state index < -0.39 is 0 Å². The molecule has 2 aromatic rings. The van der Waals surface area contributed by atoms with Crippen LogP contribution in [0.5, 0.6) is 5.75 Å². The first-order chi connectivity index (χ1) is 12.5. The van der Waals surface area contributed by atoms with E-state index in [-0.39, 0.29) is 25.5 Å². The number of rotatable bonds is 9. The number of amides is 1. The number of halogens is 1. The molecule has 1 aromatic heterocycles. The highest BCUT2D eigenvalue weighted by atomic mass is 35.5. The molecule has 140 valence electrons. The van der Waals surface area contributed by atoms with E-state index in [2.05, 4.69) is 15.8 Å². The molecule has 26 heavy (non-hydrogen) atoms. The number of benzene rings is 1. The number of aromatic nitrogens is 1. The number of ether oxygens (including phenoxy) is 1. The van der Waals surface area contributed by atoms with Crippen LogP contribution in [0.25, 0.3) is 0 Å². The zero-order chi connectivity index (χ0) is 18.9. The Morgan fingerprint density at radius 1 is 1.42 bits per heavy atom. The van der Waals surface area contributed by atoms with Gasteiger partial charge in [-0.1, -0.05) is 22.8 Å². The van der Waals surface area contributed by atoms with Gasteiger partial charge < -0.3 is 25.0 Å². The third-order valence-corrected chi connectivity index (χ3v) is 3.76. The maximum absolute atomic E-state index is 11.5. The molecule has 0 aliphatic rings. The van der Waals surface area contributed by atoms with Crippen molar-refractivity contribution in [3.8, 4) is 5.75 Å². The molecule has 0 radical (unpaired) electrons. The Hall–Kier alpha value is -2.51. The molecule has 0 atom stereocenters. The normalized spacial score (nSPS) is 11.3. The summed E-state index contributed by atoms with van der Waals surface area (Å²) in [5.74, 6) is 0.902. The van der Waals surface area contributed by atoms with E-state index in [1.807, 2.05) is 26.0 Å². The predicted molar refractivity (Wildman–Crippen MR) is 99.1 cm³/mol. The number of nitrogens with one attached hydrogen (secondary N) is 2. The number of hydrogen-bond acceptors (Lipinski definition) is 6. The van der Waals surface area contributed by atoms with Gasteiger partial charge >= 0.3 is 0 Å². The quantitative estimate of drug-likeness (QED) is 0.619. The van der Waals surface area contributed by atoms with Crippen LogP contribution in [0.3, 0.4) is 0 Å². The molecule has 0 saturated heterocycles. The summed E-state index contributed by atoms with van der Waals surface area (Å²) in [6.45, 7) is 4.07. The average molecular weight is 380 g/mol. The largest absolute Gasteiger partial charge is 0.484 e. The number of aryl methyl sites for hydroxylation is 1. The Kier molecular flexibility index (Phi) is 7.50. The molecule has 0 saturated carbocycles. The number of allylic oxidation sites excluding steroid dienone is 1. The van der Waals surface area contributed by atoms with Crippen LogP contribution in [-0.2, 0) is 11.4 Å². The number of carbonyl (C=O) groups excluding carboxylic acids is 1. The van der Waals surface area contributed by atoms with Gasteiger partial charge in [-0.05, 0) is 26.0 Å². The van der Waals surface area contributed by atoms with Crippen molar-refractivity contribution >= 4 is 23.2 Å². The van der Waals surface area contributed by atoms with Crippen LogP contribution in [0.4, 0.5) is 5.69 Å². The van der Waals surface area contributed by atoms with Crippen LogP contribution in [0.15, 0.2) is 40.6 Å². The summed E-state index contributed by atoms with van der Waals surface area (Å²) in [6, 6.07) is 7.10. The van der Waals surface area contributed by atoms with Gasteiger partial charge in [0.2, 0.25) is 5.91 Å². The van der Waals surface area contributed by atoms with Crippen molar-refractivity contribution in [3.63, 3.8) is 0 Å². The minimum absolute atomic E-state index is 0.0804. The number of anilines is 1. The second-order valence-corrected chi connectivity index (χ2v) is 5.96. The Bertz CT molecular complexity index is 774. The number of aliphatic hydroxyl groups excluding tert-OH is 1. The van der Waals surface area contributed by atoms with Crippen LogP contribution in [0.2, 0.25) is 5.02 Å². The summed E-state index contributed by atoms with van der Waals surface area (Å²) < 4.78 is 10.8. The van der Waals surface area contributed by atoms with Crippen LogP contribution in [0, 0.1) is 6.92 Å². The van der Waals surface area contributed by atoms with Crippen molar-refractivity contribution < 1.29 is 19.2 Å². The van der Waals surface area contributed by atoms with Gasteiger partial charge in [0.15, 0.2) is 5.76 Å². The zero-order valence-electron chi connectivity index (χ0n) is 14.7. The van der Waals surface area contributed by atoms with Gasteiger partial charge in [-0.3, -0.25) is 4.79 Å². The molecule has 0 spiro atoms. The van der Waals surface area contributed by atoms with E-state index in [1.54, 1.807) is 18.2 Å². The molecule has 0 aliphatic heterocycles. The first-order valence-electron chi connectivity index (χ1n) is 8.16. The molecule has 0 fully saturated rings. The first-order valence-corrected chi connectivity index (χ1v) is 8.54. The molecule has 0 aliphatic carbocycles. The molecule has 1 heterocycles. The first kappa shape index (κ1) is 19.8. The fourth-order valence-corrected chi connectivity index (χ4v) is 2.28. The van der Waals surface area contributed by atoms with Gasteiger partial charge in [-0.25, -0.2) is 0 Å². The Balaban J connectivity index is 1.97. The monoisotopic (exact) mass is 379 g/mol. The predicted octanol–water partition coefficient (Wildman–Crippen LogP) is 3.03. The van der Waals surface area contributed by atoms with E-state index in [9.17, 15) is 4.79 Å². The summed E-state index contributed by atoms with van der Waals surface area (Å²) in [5.41, 5.74) is 2.35. The minimum Gasteiger partial charge on any atom is -0.484 e. The molecule has 0 bridgehead atoms. The third kappa shape index (κ3) is 6.09. The van der Waals surface area contributed by atoms with E-state index in [0.29, 0.717) is 23.1 Å². The average Bonchev–Trinajstić information content (AvgIpc) is 3.04. The molecule has 1 amide bonds. The number of nitrogens with zero attached hydrogens (tertiary/aromatic N) is 1. The van der Waals surface area contributed by atoms with Crippen molar-refractivity contribution in [2.45, 2.75) is 26.9 Å². The SMILES string of the molecule is C/C=C(/CNC(=O)CCO)Nc1ccc(Cl)c(OCc2cc(C)no2)c1. The van der Waals surface area contributed by atoms with Gasteiger partial charge in [0, 0.05) is 29.9 Å². The van der Waals surface area contributed by atoms with Crippen molar-refractivity contribution in [3.05, 3.63) is 52.5 Å². The minimum atomic E-state index is -0.212. The highest BCUT2D eigenvalue weighted by Gasteiger charge is 2.08. The molecule has 8 heteroatoms. The number of carbonyl (C=O) groups is 1.